The zero-order valence-electron chi connectivity index (χ0n) is 16.6. The summed E-state index contributed by atoms with van der Waals surface area (Å²) in [5.41, 5.74) is -1.01. The number of ether oxygens (including phenoxy) is 1. The van der Waals surface area contributed by atoms with Crippen molar-refractivity contribution < 1.29 is 19.2 Å². The van der Waals surface area contributed by atoms with Crippen LogP contribution in [-0.2, 0) is 14.0 Å². The fraction of sp³-hybridized carbons (Fsp3) is 0.533. The van der Waals surface area contributed by atoms with E-state index in [9.17, 15) is 5.11 Å². The summed E-state index contributed by atoms with van der Waals surface area (Å²) in [7, 11) is -1.69. The van der Waals surface area contributed by atoms with Crippen molar-refractivity contribution >= 4 is 43.2 Å². The Hall–Kier alpha value is -1.63. The molecule has 11 heteroatoms. The molecule has 1 aliphatic rings. The van der Waals surface area contributed by atoms with Crippen molar-refractivity contribution in [2.24, 2.45) is 0 Å². The molecular formula is C15H19B2ClN4O4. The summed E-state index contributed by atoms with van der Waals surface area (Å²) in [6.07, 6.45) is 0.159. The fourth-order valence-corrected chi connectivity index (χ4v) is 3.45. The van der Waals surface area contributed by atoms with Gasteiger partial charge in [-0.25, -0.2) is 14.8 Å². The van der Waals surface area contributed by atoms with Crippen LogP contribution in [0.4, 0.5) is 5.69 Å². The van der Waals surface area contributed by atoms with Crippen LogP contribution < -0.4 is 0 Å². The van der Waals surface area contributed by atoms with E-state index in [2.05, 4.69) is 14.8 Å². The summed E-state index contributed by atoms with van der Waals surface area (Å²) in [4.78, 5) is 11.6. The molecule has 0 amide bonds. The van der Waals surface area contributed by atoms with Gasteiger partial charge in [0, 0.05) is 8.87 Å². The Morgan fingerprint density at radius 3 is 2.96 bits per heavy atom. The summed E-state index contributed by atoms with van der Waals surface area (Å²) in [5.74, 6) is 0. The van der Waals surface area contributed by atoms with Crippen molar-refractivity contribution in [3.63, 3.8) is 0 Å². The number of fused-ring (bicyclic) bond motifs is 1. The van der Waals surface area contributed by atoms with Crippen LogP contribution in [0.25, 0.3) is 15.9 Å². The summed E-state index contributed by atoms with van der Waals surface area (Å²) < 4.78 is 33.8. The minimum absolute atomic E-state index is 0.000673. The van der Waals surface area contributed by atoms with E-state index in [1.54, 1.807) is 6.82 Å². The first-order valence-corrected chi connectivity index (χ1v) is 8.42. The maximum Gasteiger partial charge on any atom is 0.272 e. The molecule has 0 bridgehead atoms. The molecule has 0 unspecified atom stereocenters. The van der Waals surface area contributed by atoms with Crippen molar-refractivity contribution in [1.82, 2.24) is 14.5 Å². The molecule has 0 spiro atoms. The van der Waals surface area contributed by atoms with Gasteiger partial charge in [-0.2, -0.15) is 0 Å². The Morgan fingerprint density at radius 1 is 1.54 bits per heavy atom. The molecule has 4 atom stereocenters. The SMILES string of the molecule is [2H]B(C)OC[C@H]1O[C@@H](n2cc([N+]#[C-])c3c(Cl)ncnc32)[C@](C)(O)[C@@H]1OB([2H])C. The van der Waals surface area contributed by atoms with E-state index in [0.717, 1.165) is 0 Å². The van der Waals surface area contributed by atoms with Gasteiger partial charge in [0.15, 0.2) is 6.23 Å². The van der Waals surface area contributed by atoms with Gasteiger partial charge in [-0.15, -0.1) is 0 Å². The standard InChI is InChI=1S/C15H19B2ClN4O4/c1-15(23)11(26-17-3)9(6-24-16-2)25-14(15)22-5-8(19-4)10-12(18)20-7-21-13(10)22/h5,7,9,11,14,16-17,23H,6H2,1-3H3/t9-,11-,14-,15-/m1/s1/i16D,17D. The van der Waals surface area contributed by atoms with E-state index in [4.69, 9.17) is 34.9 Å². The first kappa shape index (κ1) is 16.5. The third-order valence-electron chi connectivity index (χ3n) is 4.34. The van der Waals surface area contributed by atoms with Gasteiger partial charge < -0.3 is 23.7 Å². The van der Waals surface area contributed by atoms with Crippen molar-refractivity contribution in [1.29, 1.82) is 2.67 Å². The van der Waals surface area contributed by atoms with Gasteiger partial charge in [-0.1, -0.05) is 25.2 Å². The number of aromatic nitrogens is 3. The van der Waals surface area contributed by atoms with Crippen LogP contribution in [0.15, 0.2) is 12.5 Å². The van der Waals surface area contributed by atoms with E-state index in [-0.39, 0.29) is 17.4 Å². The summed E-state index contributed by atoms with van der Waals surface area (Å²) in [5, 5.41) is 11.7. The van der Waals surface area contributed by atoms with E-state index < -0.39 is 38.9 Å². The second kappa shape index (κ2) is 7.54. The Labute approximate surface area is 160 Å². The molecule has 0 radical (unpaired) electrons. The molecule has 0 aromatic carbocycles. The largest absolute Gasteiger partial charge is 0.437 e. The molecule has 0 saturated carbocycles. The summed E-state index contributed by atoms with van der Waals surface area (Å²) in [6.45, 7) is 12.0. The first-order valence-electron chi connectivity index (χ1n) is 9.20. The highest BCUT2D eigenvalue weighted by atomic mass is 35.5. The van der Waals surface area contributed by atoms with Crippen LogP contribution in [0.2, 0.25) is 18.8 Å². The zero-order chi connectivity index (χ0) is 20.6. The molecule has 2 aromatic heterocycles. The average Bonchev–Trinajstić information content (AvgIpc) is 3.09. The minimum atomic E-state index is -1.57. The molecule has 1 fully saturated rings. The maximum atomic E-state index is 11.3. The number of halogens is 1. The quantitative estimate of drug-likeness (QED) is 0.466. The van der Waals surface area contributed by atoms with E-state index in [1.807, 2.05) is 0 Å². The van der Waals surface area contributed by atoms with Crippen molar-refractivity contribution in [2.45, 2.75) is 44.6 Å². The van der Waals surface area contributed by atoms with Gasteiger partial charge >= 0.3 is 0 Å². The number of hydrogen-bond acceptors (Lipinski definition) is 6. The van der Waals surface area contributed by atoms with Crippen LogP contribution in [0, 0.1) is 6.57 Å². The average molecular weight is 378 g/mol. The molecule has 1 saturated heterocycles. The summed E-state index contributed by atoms with van der Waals surface area (Å²) >= 11 is 6.14. The van der Waals surface area contributed by atoms with Crippen LogP contribution in [0.5, 0.6) is 0 Å². The second-order valence-corrected chi connectivity index (χ2v) is 6.37. The monoisotopic (exact) mass is 378 g/mol. The number of hydrogen-bond donors (Lipinski definition) is 1. The molecule has 2 aromatic rings. The lowest BCUT2D eigenvalue weighted by Crippen LogP contribution is -2.46. The molecule has 0 aliphatic carbocycles. The van der Waals surface area contributed by atoms with E-state index >= 15 is 0 Å². The Kier molecular flexibility index (Phi) is 4.80. The smallest absolute Gasteiger partial charge is 0.272 e. The van der Waals surface area contributed by atoms with Gasteiger partial charge in [0.05, 0.1) is 18.6 Å². The van der Waals surface area contributed by atoms with Gasteiger partial charge in [-0.05, 0) is 6.92 Å². The van der Waals surface area contributed by atoms with Crippen molar-refractivity contribution in [3.8, 4) is 0 Å². The predicted molar refractivity (Wildman–Crippen MR) is 100 cm³/mol. The number of rotatable bonds is 6. The van der Waals surface area contributed by atoms with Gasteiger partial charge in [0.1, 0.15) is 34.9 Å². The van der Waals surface area contributed by atoms with Gasteiger partial charge in [0.25, 0.3) is 14.9 Å². The van der Waals surface area contributed by atoms with Crippen LogP contribution in [-0.4, -0.2) is 61.6 Å². The van der Waals surface area contributed by atoms with Crippen LogP contribution >= 0.6 is 11.6 Å². The minimum Gasteiger partial charge on any atom is -0.437 e. The Bertz CT molecular complexity index is 908. The Morgan fingerprint density at radius 2 is 2.31 bits per heavy atom. The fourth-order valence-electron chi connectivity index (χ4n) is 3.22. The highest BCUT2D eigenvalue weighted by Crippen LogP contribution is 2.43. The lowest BCUT2D eigenvalue weighted by molar-refractivity contribution is -0.0915. The van der Waals surface area contributed by atoms with E-state index in [1.165, 1.54) is 30.8 Å². The molecule has 1 N–H and O–H groups in total. The van der Waals surface area contributed by atoms with Crippen LogP contribution in [0.3, 0.4) is 0 Å². The lowest BCUT2D eigenvalue weighted by atomic mass is 9.93. The summed E-state index contributed by atoms with van der Waals surface area (Å²) in [6, 6.07) is 0. The Balaban J connectivity index is 2.05. The maximum absolute atomic E-state index is 11.3. The third kappa shape index (κ3) is 3.10. The topological polar surface area (TPSA) is 83.0 Å². The highest BCUT2D eigenvalue weighted by molar-refractivity contribution is 6.35. The second-order valence-electron chi connectivity index (χ2n) is 6.01. The molecule has 3 heterocycles. The molecule has 1 aliphatic heterocycles. The van der Waals surface area contributed by atoms with Gasteiger partial charge in [0.2, 0.25) is 5.69 Å². The number of aliphatic hydroxyl groups is 1. The van der Waals surface area contributed by atoms with Gasteiger partial charge in [-0.3, -0.25) is 0 Å². The molecule has 3 rings (SSSR count). The van der Waals surface area contributed by atoms with E-state index in [0.29, 0.717) is 11.0 Å². The van der Waals surface area contributed by atoms with Crippen LogP contribution in [0.1, 0.15) is 13.2 Å². The zero-order valence-corrected chi connectivity index (χ0v) is 15.3. The third-order valence-corrected chi connectivity index (χ3v) is 4.63. The highest BCUT2D eigenvalue weighted by Gasteiger charge is 2.54. The van der Waals surface area contributed by atoms with Crippen molar-refractivity contribution in [2.75, 3.05) is 6.61 Å². The molecule has 8 nitrogen and oxygen atoms in total. The normalized spacial score (nSPS) is 29.3. The molecular weight excluding hydrogens is 357 g/mol. The predicted octanol–water partition coefficient (Wildman–Crippen LogP) is 1.48. The lowest BCUT2D eigenvalue weighted by Gasteiger charge is -2.30. The first-order chi connectivity index (χ1) is 13.2. The number of nitrogens with zero attached hydrogens (tertiary/aromatic N) is 4. The molecule has 136 valence electrons. The molecule has 26 heavy (non-hydrogen) atoms. The van der Waals surface area contributed by atoms with Crippen molar-refractivity contribution in [3.05, 3.63) is 29.1 Å².